The molecule has 5 aromatic rings. The Kier molecular flexibility index (Phi) is 8.09. The van der Waals surface area contributed by atoms with Crippen LogP contribution in [-0.4, -0.2) is 11.3 Å². The molecule has 0 heterocycles. The van der Waals surface area contributed by atoms with Crippen molar-refractivity contribution in [1.82, 2.24) is 0 Å². The minimum atomic E-state index is -0.144. The second-order valence-electron chi connectivity index (χ2n) is 10.7. The Hall–Kier alpha value is -2.52. The lowest BCUT2D eigenvalue weighted by atomic mass is 9.88. The van der Waals surface area contributed by atoms with E-state index in [1.807, 2.05) is 0 Å². The molecule has 0 saturated heterocycles. The molecule has 5 rings (SSSR count). The lowest BCUT2D eigenvalue weighted by Gasteiger charge is -2.29. The Morgan fingerprint density at radius 2 is 1.30 bits per heavy atom. The van der Waals surface area contributed by atoms with Gasteiger partial charge in [0.15, 0.2) is 0 Å². The molecule has 2 heteroatoms. The van der Waals surface area contributed by atoms with Crippen LogP contribution in [0.25, 0.3) is 32.7 Å². The maximum absolute atomic E-state index is 2.51. The first-order valence-electron chi connectivity index (χ1n) is 13.5. The van der Waals surface area contributed by atoms with E-state index in [-0.39, 0.29) is 7.92 Å². The molecule has 0 aliphatic rings. The van der Waals surface area contributed by atoms with Crippen molar-refractivity contribution in [3.8, 4) is 11.1 Å². The van der Waals surface area contributed by atoms with E-state index < -0.39 is 0 Å². The summed E-state index contributed by atoms with van der Waals surface area (Å²) in [7, 11) is 0.632. The smallest absolute Gasteiger partial charge is 0.00568 e. The van der Waals surface area contributed by atoms with Crippen LogP contribution >= 0.6 is 16.5 Å². The summed E-state index contributed by atoms with van der Waals surface area (Å²) in [6.45, 7) is 12.0. The fourth-order valence-corrected chi connectivity index (χ4v) is 9.57. The summed E-state index contributed by atoms with van der Waals surface area (Å²) in [6.07, 6.45) is 2.28. The summed E-state index contributed by atoms with van der Waals surface area (Å²) in [5.74, 6) is 0. The lowest BCUT2D eigenvalue weighted by Crippen LogP contribution is -2.09. The number of rotatable bonds is 8. The van der Waals surface area contributed by atoms with Gasteiger partial charge in [-0.1, -0.05) is 141 Å². The fourth-order valence-electron chi connectivity index (χ4n) is 5.64. The zero-order valence-corrected chi connectivity index (χ0v) is 24.6. The normalized spacial score (nSPS) is 12.2. The first kappa shape index (κ1) is 26.1. The van der Waals surface area contributed by atoms with Crippen LogP contribution < -0.4 is 5.30 Å². The van der Waals surface area contributed by atoms with Crippen molar-refractivity contribution in [3.05, 3.63) is 114 Å². The second-order valence-corrected chi connectivity index (χ2v) is 15.3. The van der Waals surface area contributed by atoms with E-state index in [1.165, 1.54) is 55.3 Å². The zero-order valence-electron chi connectivity index (χ0n) is 22.8. The Morgan fingerprint density at radius 3 is 2.03 bits per heavy atom. The van der Waals surface area contributed by atoms with Gasteiger partial charge in [-0.05, 0) is 85.2 Å². The average molecular weight is 521 g/mol. The molecule has 0 spiro atoms. The van der Waals surface area contributed by atoms with E-state index in [4.69, 9.17) is 0 Å². The summed E-state index contributed by atoms with van der Waals surface area (Å²) >= 11 is 0. The largest absolute Gasteiger partial charge is 0.0969 e. The SMILES string of the molecule is Cc1ccccc1PCc1cc2ccccc2c(-c2cccc3ccccc23)c1CP(C(C)C)C(C)C. The lowest BCUT2D eigenvalue weighted by molar-refractivity contribution is 0.994. The molecule has 0 aliphatic heterocycles. The van der Waals surface area contributed by atoms with Crippen molar-refractivity contribution in [2.45, 2.75) is 58.3 Å². The molecule has 0 bridgehead atoms. The van der Waals surface area contributed by atoms with Gasteiger partial charge < -0.3 is 0 Å². The van der Waals surface area contributed by atoms with Crippen molar-refractivity contribution >= 4 is 43.4 Å². The van der Waals surface area contributed by atoms with E-state index in [9.17, 15) is 0 Å². The van der Waals surface area contributed by atoms with Gasteiger partial charge in [0.1, 0.15) is 0 Å². The predicted molar refractivity (Wildman–Crippen MR) is 171 cm³/mol. The summed E-state index contributed by atoms with van der Waals surface area (Å²) in [5, 5.41) is 6.91. The molecule has 0 nitrogen and oxygen atoms in total. The van der Waals surface area contributed by atoms with Crippen LogP contribution in [0.15, 0.2) is 97.1 Å². The number of hydrogen-bond donors (Lipinski definition) is 0. The number of fused-ring (bicyclic) bond motifs is 2. The molecule has 0 amide bonds. The molecule has 0 saturated carbocycles. The summed E-state index contributed by atoms with van der Waals surface area (Å²) in [5.41, 5.74) is 8.79. The minimum Gasteiger partial charge on any atom is -0.0969 e. The van der Waals surface area contributed by atoms with Gasteiger partial charge in [-0.15, -0.1) is 0 Å². The molecule has 0 radical (unpaired) electrons. The Balaban J connectivity index is 1.77. The van der Waals surface area contributed by atoms with Gasteiger partial charge in [0.2, 0.25) is 0 Å². The van der Waals surface area contributed by atoms with Gasteiger partial charge in [-0.25, -0.2) is 0 Å². The molecule has 0 fully saturated rings. The Bertz CT molecular complexity index is 1520. The molecule has 37 heavy (non-hydrogen) atoms. The van der Waals surface area contributed by atoms with Crippen molar-refractivity contribution < 1.29 is 0 Å². The summed E-state index contributed by atoms with van der Waals surface area (Å²) in [4.78, 5) is 0. The van der Waals surface area contributed by atoms with Crippen molar-refractivity contribution in [2.75, 3.05) is 0 Å². The van der Waals surface area contributed by atoms with Crippen LogP contribution in [-0.2, 0) is 12.3 Å². The van der Waals surface area contributed by atoms with Gasteiger partial charge in [-0.2, -0.15) is 0 Å². The van der Waals surface area contributed by atoms with Crippen LogP contribution in [0.5, 0.6) is 0 Å². The number of benzene rings is 5. The van der Waals surface area contributed by atoms with Gasteiger partial charge in [-0.3, -0.25) is 0 Å². The van der Waals surface area contributed by atoms with E-state index in [0.717, 1.165) is 14.7 Å². The monoisotopic (exact) mass is 520 g/mol. The summed E-state index contributed by atoms with van der Waals surface area (Å²) < 4.78 is 0. The Labute approximate surface area is 226 Å². The van der Waals surface area contributed by atoms with Crippen molar-refractivity contribution in [2.24, 2.45) is 0 Å². The van der Waals surface area contributed by atoms with Crippen molar-refractivity contribution in [1.29, 1.82) is 0 Å². The molecule has 0 aliphatic carbocycles. The molecule has 1 atom stereocenters. The number of aryl methyl sites for hydroxylation is 1. The topological polar surface area (TPSA) is 0 Å². The molecule has 1 unspecified atom stereocenters. The van der Waals surface area contributed by atoms with Gasteiger partial charge in [0.25, 0.3) is 0 Å². The average Bonchev–Trinajstić information content (AvgIpc) is 2.90. The molecular weight excluding hydrogens is 482 g/mol. The zero-order chi connectivity index (χ0) is 25.9. The van der Waals surface area contributed by atoms with Gasteiger partial charge in [0, 0.05) is 0 Å². The minimum absolute atomic E-state index is 0.144. The van der Waals surface area contributed by atoms with Gasteiger partial charge in [0.05, 0.1) is 0 Å². The fraction of sp³-hybridized carbons (Fsp3) is 0.257. The maximum Gasteiger partial charge on any atom is -0.00568 e. The molecule has 188 valence electrons. The first-order valence-corrected chi connectivity index (χ1v) is 16.4. The molecular formula is C35H38P2. The van der Waals surface area contributed by atoms with Crippen LogP contribution in [0, 0.1) is 6.92 Å². The van der Waals surface area contributed by atoms with E-state index in [0.29, 0.717) is 11.3 Å². The third kappa shape index (κ3) is 5.53. The second kappa shape index (κ2) is 11.5. The Morgan fingerprint density at radius 1 is 0.676 bits per heavy atom. The third-order valence-corrected chi connectivity index (χ3v) is 12.4. The van der Waals surface area contributed by atoms with Crippen LogP contribution in [0.4, 0.5) is 0 Å². The third-order valence-electron chi connectivity index (χ3n) is 7.59. The van der Waals surface area contributed by atoms with E-state index >= 15 is 0 Å². The van der Waals surface area contributed by atoms with Gasteiger partial charge >= 0.3 is 0 Å². The predicted octanol–water partition coefficient (Wildman–Crippen LogP) is 10.3. The van der Waals surface area contributed by atoms with Crippen LogP contribution in [0.1, 0.15) is 44.4 Å². The quantitative estimate of drug-likeness (QED) is 0.179. The highest BCUT2D eigenvalue weighted by Gasteiger charge is 2.23. The van der Waals surface area contributed by atoms with Crippen molar-refractivity contribution in [3.63, 3.8) is 0 Å². The molecule has 5 aromatic carbocycles. The highest BCUT2D eigenvalue weighted by Crippen LogP contribution is 2.52. The highest BCUT2D eigenvalue weighted by molar-refractivity contribution is 7.58. The standard InChI is InChI=1S/C35H38P2/c1-24(2)37(25(3)4)23-33-29(22-36-34-20-11-6-13-26(34)5)21-28-15-8-10-18-31(28)35(33)32-19-12-16-27-14-7-9-17-30(27)32/h6-21,24-25,36H,22-23H2,1-5H3. The van der Waals surface area contributed by atoms with Crippen LogP contribution in [0.2, 0.25) is 0 Å². The molecule has 0 N–H and O–H groups in total. The first-order chi connectivity index (χ1) is 17.9. The highest BCUT2D eigenvalue weighted by atomic mass is 31.1. The van der Waals surface area contributed by atoms with E-state index in [1.54, 1.807) is 5.56 Å². The molecule has 0 aromatic heterocycles. The maximum atomic E-state index is 2.51. The number of hydrogen-bond acceptors (Lipinski definition) is 0. The van der Waals surface area contributed by atoms with Crippen LogP contribution in [0.3, 0.4) is 0 Å². The van der Waals surface area contributed by atoms with E-state index in [2.05, 4.69) is 132 Å². The summed E-state index contributed by atoms with van der Waals surface area (Å²) in [6, 6.07) is 36.2.